The molecule has 0 radical (unpaired) electrons. The number of benzene rings is 2. The van der Waals surface area contributed by atoms with E-state index in [-0.39, 0.29) is 30.9 Å². The van der Waals surface area contributed by atoms with Crippen molar-refractivity contribution in [1.82, 2.24) is 5.32 Å². The van der Waals surface area contributed by atoms with E-state index in [0.29, 0.717) is 23.7 Å². The molecule has 1 amide bonds. The Kier molecular flexibility index (Phi) is 7.03. The summed E-state index contributed by atoms with van der Waals surface area (Å²) in [5.74, 6) is -0.332. The van der Waals surface area contributed by atoms with E-state index in [1.807, 2.05) is 12.1 Å². The molecular formula is C18H19ClFNO3. The van der Waals surface area contributed by atoms with Gasteiger partial charge in [-0.2, -0.15) is 0 Å². The standard InChI is InChI=1S/C18H19ClFNO3/c19-15-3-1-13(2-4-15)9-14(11-22)10-21-18(23)12-24-17-7-5-16(20)6-8-17/h1-8,14,22H,9-12H2,(H,21,23)/t14-/m1/s1. The van der Waals surface area contributed by atoms with Crippen molar-refractivity contribution in [2.75, 3.05) is 19.8 Å². The van der Waals surface area contributed by atoms with Gasteiger partial charge in [0.25, 0.3) is 5.91 Å². The van der Waals surface area contributed by atoms with E-state index in [1.54, 1.807) is 12.1 Å². The molecule has 0 saturated carbocycles. The molecule has 128 valence electrons. The van der Waals surface area contributed by atoms with Gasteiger partial charge in [-0.3, -0.25) is 4.79 Å². The highest BCUT2D eigenvalue weighted by Gasteiger charge is 2.11. The molecule has 2 aromatic rings. The van der Waals surface area contributed by atoms with Crippen molar-refractivity contribution in [3.05, 3.63) is 64.9 Å². The first-order chi connectivity index (χ1) is 11.6. The number of aliphatic hydroxyl groups is 1. The lowest BCUT2D eigenvalue weighted by Gasteiger charge is -2.15. The van der Waals surface area contributed by atoms with E-state index in [2.05, 4.69) is 5.32 Å². The Labute approximate surface area is 145 Å². The highest BCUT2D eigenvalue weighted by molar-refractivity contribution is 6.30. The van der Waals surface area contributed by atoms with Crippen LogP contribution in [0.2, 0.25) is 5.02 Å². The summed E-state index contributed by atoms with van der Waals surface area (Å²) in [7, 11) is 0. The summed E-state index contributed by atoms with van der Waals surface area (Å²) in [5, 5.41) is 12.8. The van der Waals surface area contributed by atoms with Crippen molar-refractivity contribution < 1.29 is 19.0 Å². The Balaban J connectivity index is 1.74. The molecule has 0 bridgehead atoms. The van der Waals surface area contributed by atoms with Crippen LogP contribution >= 0.6 is 11.6 Å². The van der Waals surface area contributed by atoms with E-state index >= 15 is 0 Å². The molecule has 0 saturated heterocycles. The smallest absolute Gasteiger partial charge is 0.257 e. The summed E-state index contributed by atoms with van der Waals surface area (Å²) < 4.78 is 18.0. The molecular weight excluding hydrogens is 333 g/mol. The number of nitrogens with one attached hydrogen (secondary N) is 1. The quantitative estimate of drug-likeness (QED) is 0.769. The minimum atomic E-state index is -0.361. The number of hydrogen-bond acceptors (Lipinski definition) is 3. The summed E-state index contributed by atoms with van der Waals surface area (Å²) >= 11 is 5.84. The van der Waals surface area contributed by atoms with Gasteiger partial charge >= 0.3 is 0 Å². The monoisotopic (exact) mass is 351 g/mol. The third-order valence-corrected chi connectivity index (χ3v) is 3.72. The molecule has 0 fully saturated rings. The molecule has 0 unspecified atom stereocenters. The highest BCUT2D eigenvalue weighted by atomic mass is 35.5. The first-order valence-electron chi connectivity index (χ1n) is 7.57. The maximum absolute atomic E-state index is 12.8. The Morgan fingerprint density at radius 3 is 2.46 bits per heavy atom. The van der Waals surface area contributed by atoms with Crippen molar-refractivity contribution in [2.45, 2.75) is 6.42 Å². The number of carbonyl (C=O) groups is 1. The second-order valence-corrected chi connectivity index (χ2v) is 5.86. The lowest BCUT2D eigenvalue weighted by Crippen LogP contribution is -2.35. The van der Waals surface area contributed by atoms with Crippen LogP contribution in [0.1, 0.15) is 5.56 Å². The Morgan fingerprint density at radius 1 is 1.17 bits per heavy atom. The van der Waals surface area contributed by atoms with Crippen molar-refractivity contribution in [2.24, 2.45) is 5.92 Å². The maximum atomic E-state index is 12.8. The summed E-state index contributed by atoms with van der Waals surface area (Å²) in [6.45, 7) is 0.136. The van der Waals surface area contributed by atoms with Gasteiger partial charge in [0, 0.05) is 24.1 Å². The largest absolute Gasteiger partial charge is 0.484 e. The number of hydrogen-bond donors (Lipinski definition) is 2. The molecule has 24 heavy (non-hydrogen) atoms. The SMILES string of the molecule is O=C(COc1ccc(F)cc1)NC[C@H](CO)Cc1ccc(Cl)cc1. The lowest BCUT2D eigenvalue weighted by molar-refractivity contribution is -0.123. The average Bonchev–Trinajstić information content (AvgIpc) is 2.59. The topological polar surface area (TPSA) is 58.6 Å². The number of carbonyl (C=O) groups excluding carboxylic acids is 1. The van der Waals surface area contributed by atoms with E-state index in [1.165, 1.54) is 24.3 Å². The number of ether oxygens (including phenoxy) is 1. The van der Waals surface area contributed by atoms with Gasteiger partial charge in [0.15, 0.2) is 6.61 Å². The van der Waals surface area contributed by atoms with Crippen LogP contribution in [0.5, 0.6) is 5.75 Å². The first-order valence-corrected chi connectivity index (χ1v) is 7.95. The normalized spacial score (nSPS) is 11.8. The van der Waals surface area contributed by atoms with E-state index in [0.717, 1.165) is 5.56 Å². The second-order valence-electron chi connectivity index (χ2n) is 5.43. The Morgan fingerprint density at radius 2 is 1.83 bits per heavy atom. The highest BCUT2D eigenvalue weighted by Crippen LogP contribution is 2.13. The molecule has 2 aromatic carbocycles. The predicted octanol–water partition coefficient (Wildman–Crippen LogP) is 2.83. The van der Waals surface area contributed by atoms with Gasteiger partial charge in [-0.15, -0.1) is 0 Å². The van der Waals surface area contributed by atoms with Crippen LogP contribution in [0, 0.1) is 11.7 Å². The van der Waals surface area contributed by atoms with Crippen LogP contribution in [0.15, 0.2) is 48.5 Å². The molecule has 2 N–H and O–H groups in total. The van der Waals surface area contributed by atoms with Crippen molar-refractivity contribution in [1.29, 1.82) is 0 Å². The van der Waals surface area contributed by atoms with Crippen LogP contribution in [0.25, 0.3) is 0 Å². The van der Waals surface area contributed by atoms with Gasteiger partial charge in [-0.25, -0.2) is 4.39 Å². The molecule has 0 aromatic heterocycles. The molecule has 4 nitrogen and oxygen atoms in total. The number of amides is 1. The van der Waals surface area contributed by atoms with Crippen molar-refractivity contribution in [3.8, 4) is 5.75 Å². The van der Waals surface area contributed by atoms with Gasteiger partial charge in [-0.05, 0) is 48.4 Å². The van der Waals surface area contributed by atoms with E-state index in [9.17, 15) is 14.3 Å². The van der Waals surface area contributed by atoms with Crippen LogP contribution < -0.4 is 10.1 Å². The van der Waals surface area contributed by atoms with Gasteiger partial charge in [0.05, 0.1) is 0 Å². The minimum absolute atomic E-state index is 0.0400. The zero-order valence-corrected chi connectivity index (χ0v) is 13.8. The summed E-state index contributed by atoms with van der Waals surface area (Å²) in [4.78, 5) is 11.8. The summed E-state index contributed by atoms with van der Waals surface area (Å²) in [6.07, 6.45) is 0.632. The molecule has 0 heterocycles. The fourth-order valence-electron chi connectivity index (χ4n) is 2.14. The van der Waals surface area contributed by atoms with Crippen LogP contribution in [0.3, 0.4) is 0 Å². The lowest BCUT2D eigenvalue weighted by atomic mass is 10.00. The fraction of sp³-hybridized carbons (Fsp3) is 0.278. The average molecular weight is 352 g/mol. The van der Waals surface area contributed by atoms with Gasteiger partial charge in [0.2, 0.25) is 0 Å². The van der Waals surface area contributed by atoms with Crippen LogP contribution in [-0.2, 0) is 11.2 Å². The van der Waals surface area contributed by atoms with Crippen LogP contribution in [-0.4, -0.2) is 30.8 Å². The molecule has 0 aliphatic rings. The van der Waals surface area contributed by atoms with Gasteiger partial charge in [0.1, 0.15) is 11.6 Å². The zero-order valence-electron chi connectivity index (χ0n) is 13.0. The van der Waals surface area contributed by atoms with Crippen molar-refractivity contribution >= 4 is 17.5 Å². The van der Waals surface area contributed by atoms with Crippen molar-refractivity contribution in [3.63, 3.8) is 0 Å². The maximum Gasteiger partial charge on any atom is 0.257 e. The third kappa shape index (κ3) is 6.18. The van der Waals surface area contributed by atoms with Gasteiger partial charge in [-0.1, -0.05) is 23.7 Å². The summed E-state index contributed by atoms with van der Waals surface area (Å²) in [6, 6.07) is 12.8. The molecule has 2 rings (SSSR count). The fourth-order valence-corrected chi connectivity index (χ4v) is 2.27. The Bertz CT molecular complexity index is 646. The molecule has 0 aliphatic carbocycles. The van der Waals surface area contributed by atoms with Gasteiger partial charge < -0.3 is 15.2 Å². The number of halogens is 2. The zero-order chi connectivity index (χ0) is 17.4. The number of aliphatic hydroxyl groups excluding tert-OH is 1. The Hall–Kier alpha value is -2.11. The summed E-state index contributed by atoms with van der Waals surface area (Å²) in [5.41, 5.74) is 1.04. The molecule has 0 spiro atoms. The van der Waals surface area contributed by atoms with E-state index in [4.69, 9.17) is 16.3 Å². The molecule has 1 atom stereocenters. The minimum Gasteiger partial charge on any atom is -0.484 e. The second kappa shape index (κ2) is 9.25. The predicted molar refractivity (Wildman–Crippen MR) is 90.6 cm³/mol. The number of rotatable bonds is 8. The third-order valence-electron chi connectivity index (χ3n) is 3.47. The van der Waals surface area contributed by atoms with Crippen LogP contribution in [0.4, 0.5) is 4.39 Å². The van der Waals surface area contributed by atoms with E-state index < -0.39 is 0 Å². The molecule has 6 heteroatoms. The molecule has 0 aliphatic heterocycles. The first kappa shape index (κ1) is 18.2.